The van der Waals surface area contributed by atoms with Gasteiger partial charge in [0.05, 0.1) is 13.2 Å². The highest BCUT2D eigenvalue weighted by Gasteiger charge is 2.18. The highest BCUT2D eigenvalue weighted by molar-refractivity contribution is 5.87. The van der Waals surface area contributed by atoms with Crippen LogP contribution in [-0.2, 0) is 23.9 Å². The van der Waals surface area contributed by atoms with E-state index in [9.17, 15) is 19.2 Å². The molecule has 0 saturated carbocycles. The molecule has 0 spiro atoms. The summed E-state index contributed by atoms with van der Waals surface area (Å²) >= 11 is 0. The molecule has 284 valence electrons. The first-order chi connectivity index (χ1) is 23.8. The van der Waals surface area contributed by atoms with E-state index in [2.05, 4.69) is 48.8 Å². The van der Waals surface area contributed by atoms with E-state index in [4.69, 9.17) is 14.9 Å². The topological polar surface area (TPSA) is 142 Å². The Kier molecular flexibility index (Phi) is 33.2. The molecule has 4 N–H and O–H groups in total. The highest BCUT2D eigenvalue weighted by Crippen LogP contribution is 2.16. The SMILES string of the molecule is CCCCCC/C=C\C/C=C\C(CCCCCCCCC(=O)NCC(=O)NC(CO)C(=O)O)OC(=O)CCCCCCCCCCCCC. The van der Waals surface area contributed by atoms with E-state index in [1.54, 1.807) is 0 Å². The van der Waals surface area contributed by atoms with E-state index in [1.807, 2.05) is 0 Å². The fourth-order valence-corrected chi connectivity index (χ4v) is 5.60. The van der Waals surface area contributed by atoms with Gasteiger partial charge in [0.25, 0.3) is 0 Å². The number of allylic oxidation sites excluding steroid dienone is 3. The molecule has 2 unspecified atom stereocenters. The number of aliphatic hydroxyl groups is 1. The molecule has 0 radical (unpaired) electrons. The van der Waals surface area contributed by atoms with E-state index < -0.39 is 24.5 Å². The molecule has 2 amide bonds. The lowest BCUT2D eigenvalue weighted by Crippen LogP contribution is -2.47. The summed E-state index contributed by atoms with van der Waals surface area (Å²) in [4.78, 5) is 47.3. The molecule has 9 heteroatoms. The Labute approximate surface area is 298 Å². The summed E-state index contributed by atoms with van der Waals surface area (Å²) < 4.78 is 5.90. The summed E-state index contributed by atoms with van der Waals surface area (Å²) in [6.45, 7) is 3.44. The lowest BCUT2D eigenvalue weighted by atomic mass is 10.0. The van der Waals surface area contributed by atoms with Crippen LogP contribution in [0.2, 0.25) is 0 Å². The van der Waals surface area contributed by atoms with E-state index in [-0.39, 0.29) is 24.5 Å². The Morgan fingerprint density at radius 1 is 0.633 bits per heavy atom. The van der Waals surface area contributed by atoms with Gasteiger partial charge in [-0.25, -0.2) is 4.79 Å². The number of carbonyl (C=O) groups excluding carboxylic acids is 3. The number of ether oxygens (including phenoxy) is 1. The zero-order chi connectivity index (χ0) is 36.2. The van der Waals surface area contributed by atoms with Gasteiger partial charge in [-0.15, -0.1) is 0 Å². The van der Waals surface area contributed by atoms with Gasteiger partial charge >= 0.3 is 11.9 Å². The largest absolute Gasteiger partial charge is 0.480 e. The smallest absolute Gasteiger partial charge is 0.328 e. The number of hydrogen-bond acceptors (Lipinski definition) is 6. The molecule has 0 aromatic rings. The molecular formula is C40H72N2O7. The van der Waals surface area contributed by atoms with Gasteiger partial charge in [0.2, 0.25) is 11.8 Å². The average molecular weight is 693 g/mol. The summed E-state index contributed by atoms with van der Waals surface area (Å²) in [7, 11) is 0. The van der Waals surface area contributed by atoms with Crippen molar-refractivity contribution in [3.8, 4) is 0 Å². The van der Waals surface area contributed by atoms with Crippen molar-refractivity contribution in [3.05, 3.63) is 24.3 Å². The maximum absolute atomic E-state index is 12.6. The lowest BCUT2D eigenvalue weighted by molar-refractivity contribution is -0.147. The number of rotatable bonds is 35. The van der Waals surface area contributed by atoms with Crippen LogP contribution in [0, 0.1) is 0 Å². The molecule has 49 heavy (non-hydrogen) atoms. The number of amides is 2. The molecule has 0 heterocycles. The Hall–Kier alpha value is -2.68. The van der Waals surface area contributed by atoms with Gasteiger partial charge in [-0.05, 0) is 51.0 Å². The number of carboxylic acid groups (broad SMARTS) is 1. The summed E-state index contributed by atoms with van der Waals surface area (Å²) in [5.74, 6) is -2.34. The first-order valence-corrected chi connectivity index (χ1v) is 19.7. The molecule has 0 saturated heterocycles. The van der Waals surface area contributed by atoms with Crippen LogP contribution in [0.3, 0.4) is 0 Å². The molecule has 0 aliphatic rings. The van der Waals surface area contributed by atoms with Crippen molar-refractivity contribution in [2.75, 3.05) is 13.2 Å². The number of carbonyl (C=O) groups is 4. The molecular weight excluding hydrogens is 620 g/mol. The lowest BCUT2D eigenvalue weighted by Gasteiger charge is -2.15. The van der Waals surface area contributed by atoms with Crippen LogP contribution in [0.15, 0.2) is 24.3 Å². The van der Waals surface area contributed by atoms with Crippen LogP contribution >= 0.6 is 0 Å². The Balaban J connectivity index is 4.31. The van der Waals surface area contributed by atoms with Crippen molar-refractivity contribution in [1.29, 1.82) is 0 Å². The van der Waals surface area contributed by atoms with Gasteiger partial charge in [-0.2, -0.15) is 0 Å². The van der Waals surface area contributed by atoms with Crippen molar-refractivity contribution < 1.29 is 34.1 Å². The first kappa shape index (κ1) is 46.3. The van der Waals surface area contributed by atoms with Crippen LogP contribution in [0.4, 0.5) is 0 Å². The third kappa shape index (κ3) is 32.3. The number of aliphatic carboxylic acids is 1. The second kappa shape index (κ2) is 35.2. The predicted octanol–water partition coefficient (Wildman–Crippen LogP) is 8.87. The van der Waals surface area contributed by atoms with Gasteiger partial charge in [0.1, 0.15) is 12.1 Å². The molecule has 0 aliphatic heterocycles. The Bertz CT molecular complexity index is 890. The predicted molar refractivity (Wildman–Crippen MR) is 199 cm³/mol. The second-order valence-corrected chi connectivity index (χ2v) is 13.4. The number of aliphatic hydroxyl groups excluding tert-OH is 1. The Morgan fingerprint density at radius 3 is 1.73 bits per heavy atom. The summed E-state index contributed by atoms with van der Waals surface area (Å²) in [5, 5.41) is 22.5. The van der Waals surface area contributed by atoms with Gasteiger partial charge < -0.3 is 25.6 Å². The highest BCUT2D eigenvalue weighted by atomic mass is 16.5. The van der Waals surface area contributed by atoms with E-state index in [1.165, 1.54) is 83.5 Å². The van der Waals surface area contributed by atoms with Crippen molar-refractivity contribution in [2.45, 2.75) is 193 Å². The normalized spacial score (nSPS) is 12.7. The fraction of sp³-hybridized carbons (Fsp3) is 0.800. The fourth-order valence-electron chi connectivity index (χ4n) is 5.60. The number of unbranched alkanes of at least 4 members (excludes halogenated alkanes) is 19. The number of hydrogen-bond donors (Lipinski definition) is 4. The molecule has 0 fully saturated rings. The number of nitrogens with one attached hydrogen (secondary N) is 2. The number of carboxylic acids is 1. The third-order valence-electron chi connectivity index (χ3n) is 8.69. The number of esters is 1. The van der Waals surface area contributed by atoms with Crippen molar-refractivity contribution in [1.82, 2.24) is 10.6 Å². The molecule has 0 rings (SSSR count). The summed E-state index contributed by atoms with van der Waals surface area (Å²) in [5.41, 5.74) is 0. The maximum atomic E-state index is 12.6. The minimum absolute atomic E-state index is 0.0945. The summed E-state index contributed by atoms with van der Waals surface area (Å²) in [6.07, 6.45) is 36.5. The van der Waals surface area contributed by atoms with Crippen molar-refractivity contribution in [2.24, 2.45) is 0 Å². The molecule has 2 atom stereocenters. The molecule has 0 aliphatic carbocycles. The minimum atomic E-state index is -1.38. The summed E-state index contributed by atoms with van der Waals surface area (Å²) in [6, 6.07) is -1.38. The van der Waals surface area contributed by atoms with Crippen LogP contribution in [0.5, 0.6) is 0 Å². The van der Waals surface area contributed by atoms with Crippen LogP contribution in [0.1, 0.15) is 181 Å². The van der Waals surface area contributed by atoms with Gasteiger partial charge in [-0.3, -0.25) is 14.4 Å². The average Bonchev–Trinajstić information content (AvgIpc) is 3.08. The molecule has 9 nitrogen and oxygen atoms in total. The van der Waals surface area contributed by atoms with E-state index in [0.29, 0.717) is 19.3 Å². The quantitative estimate of drug-likeness (QED) is 0.0295. The maximum Gasteiger partial charge on any atom is 0.328 e. The van der Waals surface area contributed by atoms with Crippen molar-refractivity contribution >= 4 is 23.8 Å². The molecule has 0 bridgehead atoms. The van der Waals surface area contributed by atoms with Crippen molar-refractivity contribution in [3.63, 3.8) is 0 Å². The monoisotopic (exact) mass is 693 g/mol. The van der Waals surface area contributed by atoms with Gasteiger partial charge in [0, 0.05) is 12.8 Å². The molecule has 0 aromatic carbocycles. The van der Waals surface area contributed by atoms with E-state index >= 15 is 0 Å². The van der Waals surface area contributed by atoms with Gasteiger partial charge in [-0.1, -0.05) is 141 Å². The minimum Gasteiger partial charge on any atom is -0.480 e. The van der Waals surface area contributed by atoms with Crippen LogP contribution in [-0.4, -0.2) is 59.3 Å². The van der Waals surface area contributed by atoms with Crippen LogP contribution in [0.25, 0.3) is 0 Å². The Morgan fingerprint density at radius 2 is 1.16 bits per heavy atom. The second-order valence-electron chi connectivity index (χ2n) is 13.4. The van der Waals surface area contributed by atoms with Gasteiger partial charge in [0.15, 0.2) is 0 Å². The van der Waals surface area contributed by atoms with Crippen LogP contribution < -0.4 is 10.6 Å². The first-order valence-electron chi connectivity index (χ1n) is 19.7. The zero-order valence-electron chi connectivity index (χ0n) is 31.2. The standard InChI is InChI=1S/C40H72N2O7/c1-3-5-7-9-11-13-14-16-18-24-28-32-39(46)49-35(29-25-21-17-15-12-10-8-6-4-2)30-26-22-19-20-23-27-31-37(44)41-33-38(45)42-36(34-43)40(47)48/h15,17,25,29,35-36,43H,3-14,16,18-24,26-28,30-34H2,1-2H3,(H,41,44)(H,42,45)(H,47,48)/b17-15-,29-25-. The van der Waals surface area contributed by atoms with E-state index in [0.717, 1.165) is 64.2 Å². The third-order valence-corrected chi connectivity index (χ3v) is 8.69. The zero-order valence-corrected chi connectivity index (χ0v) is 31.2. The molecule has 0 aromatic heterocycles.